The van der Waals surface area contributed by atoms with Gasteiger partial charge in [-0.1, -0.05) is 0 Å². The summed E-state index contributed by atoms with van der Waals surface area (Å²) in [4.78, 5) is 0.947. The number of hydrogen-bond acceptors (Lipinski definition) is 4. The first-order valence-corrected chi connectivity index (χ1v) is 5.26. The highest BCUT2D eigenvalue weighted by atomic mass is 32.2. The minimum absolute atomic E-state index is 0.160. The van der Waals surface area contributed by atoms with Gasteiger partial charge in [0, 0.05) is 17.0 Å². The van der Waals surface area contributed by atoms with Crippen LogP contribution in [-0.2, 0) is 0 Å². The molecule has 5 heteroatoms. The van der Waals surface area contributed by atoms with E-state index in [0.717, 1.165) is 16.8 Å². The summed E-state index contributed by atoms with van der Waals surface area (Å²) in [5.74, 6) is 0.667. The normalized spacial score (nSPS) is 11.5. The van der Waals surface area contributed by atoms with Crippen LogP contribution in [0.4, 0.5) is 4.39 Å². The molecule has 0 saturated heterocycles. The van der Waals surface area contributed by atoms with Crippen molar-refractivity contribution in [2.45, 2.75) is 4.90 Å². The molecule has 1 aromatic carbocycles. The quantitative estimate of drug-likeness (QED) is 0.755. The molecular formula is C10H13FN2OS. The Bertz CT molecular complexity index is 327. The molecule has 3 nitrogen and oxygen atoms in total. The van der Waals surface area contributed by atoms with Gasteiger partial charge in [0.15, 0.2) is 0 Å². The lowest BCUT2D eigenvalue weighted by Crippen LogP contribution is -2.10. The number of nitrogens with two attached hydrogens (primary N) is 2. The van der Waals surface area contributed by atoms with Crippen molar-refractivity contribution >= 4 is 11.9 Å². The van der Waals surface area contributed by atoms with Crippen LogP contribution < -0.4 is 15.6 Å². The molecule has 0 radical (unpaired) electrons. The Kier molecular flexibility index (Phi) is 5.17. The van der Waals surface area contributed by atoms with Crippen molar-refractivity contribution in [3.63, 3.8) is 0 Å². The molecule has 0 saturated carbocycles. The molecule has 4 N–H and O–H groups in total. The Morgan fingerprint density at radius 2 is 2.07 bits per heavy atom. The molecule has 1 aromatic rings. The predicted molar refractivity (Wildman–Crippen MR) is 60.2 cm³/mol. The van der Waals surface area contributed by atoms with Crippen molar-refractivity contribution in [1.29, 1.82) is 0 Å². The van der Waals surface area contributed by atoms with Crippen LogP contribution >= 0.6 is 11.9 Å². The van der Waals surface area contributed by atoms with Crippen molar-refractivity contribution in [3.8, 4) is 5.75 Å². The third-order valence-electron chi connectivity index (χ3n) is 1.80. The molecule has 0 aliphatic heterocycles. The summed E-state index contributed by atoms with van der Waals surface area (Å²) in [5.41, 5.74) is 5.71. The third-order valence-corrected chi connectivity index (χ3v) is 2.34. The summed E-state index contributed by atoms with van der Waals surface area (Å²) in [6.07, 6.45) is 0.476. The van der Waals surface area contributed by atoms with Gasteiger partial charge >= 0.3 is 0 Å². The minimum Gasteiger partial charge on any atom is -0.489 e. The molecule has 0 fully saturated rings. The van der Waals surface area contributed by atoms with Crippen LogP contribution in [-0.4, -0.2) is 13.2 Å². The van der Waals surface area contributed by atoms with E-state index in [9.17, 15) is 4.39 Å². The number of rotatable bonds is 5. The van der Waals surface area contributed by atoms with Gasteiger partial charge in [-0.15, -0.1) is 0 Å². The maximum atomic E-state index is 12.1. The van der Waals surface area contributed by atoms with Gasteiger partial charge in [-0.2, -0.15) is 0 Å². The van der Waals surface area contributed by atoms with E-state index in [2.05, 4.69) is 0 Å². The van der Waals surface area contributed by atoms with E-state index in [0.29, 0.717) is 17.7 Å². The summed E-state index contributed by atoms with van der Waals surface area (Å²) in [7, 11) is 0. The monoisotopic (exact) mass is 228 g/mol. The zero-order valence-electron chi connectivity index (χ0n) is 8.15. The number of benzene rings is 1. The fraction of sp³-hybridized carbons (Fsp3) is 0.200. The van der Waals surface area contributed by atoms with E-state index < -0.39 is 0 Å². The van der Waals surface area contributed by atoms with E-state index in [1.54, 1.807) is 12.1 Å². The van der Waals surface area contributed by atoms with Crippen molar-refractivity contribution in [1.82, 2.24) is 0 Å². The highest BCUT2D eigenvalue weighted by molar-refractivity contribution is 7.97. The van der Waals surface area contributed by atoms with Gasteiger partial charge in [0.2, 0.25) is 0 Å². The van der Waals surface area contributed by atoms with E-state index >= 15 is 0 Å². The summed E-state index contributed by atoms with van der Waals surface area (Å²) in [5, 5.41) is 5.37. The molecule has 0 bridgehead atoms. The zero-order valence-corrected chi connectivity index (χ0v) is 8.97. The van der Waals surface area contributed by atoms with Crippen LogP contribution in [0.3, 0.4) is 0 Å². The Hall–Kier alpha value is -1.04. The smallest absolute Gasteiger partial charge is 0.119 e. The molecule has 0 spiro atoms. The summed E-state index contributed by atoms with van der Waals surface area (Å²) in [6.45, 7) is 0.329. The van der Waals surface area contributed by atoms with Crippen molar-refractivity contribution in [2.75, 3.05) is 13.2 Å². The fourth-order valence-electron chi connectivity index (χ4n) is 0.925. The van der Waals surface area contributed by atoms with Gasteiger partial charge < -0.3 is 10.5 Å². The lowest BCUT2D eigenvalue weighted by molar-refractivity contribution is 0.347. The second-order valence-electron chi connectivity index (χ2n) is 2.85. The molecule has 0 atom stereocenters. The summed E-state index contributed by atoms with van der Waals surface area (Å²) < 4.78 is 17.4. The Balaban J connectivity index is 2.51. The van der Waals surface area contributed by atoms with Crippen LogP contribution in [0.2, 0.25) is 0 Å². The van der Waals surface area contributed by atoms with Gasteiger partial charge in [0.05, 0.1) is 6.33 Å². The number of hydrogen-bond donors (Lipinski definition) is 2. The standard InChI is InChI=1S/C10H13FN2OS/c11-5-8(6-12)7-14-9-1-3-10(15-13)4-2-9/h1-5H,6-7,12-13H2/b8-5-. The maximum absolute atomic E-state index is 12.1. The van der Waals surface area contributed by atoms with Crippen LogP contribution in [0.1, 0.15) is 0 Å². The first-order valence-electron chi connectivity index (χ1n) is 4.38. The zero-order chi connectivity index (χ0) is 11.1. The van der Waals surface area contributed by atoms with Gasteiger partial charge in [0.25, 0.3) is 0 Å². The van der Waals surface area contributed by atoms with E-state index in [-0.39, 0.29) is 13.2 Å². The predicted octanol–water partition coefficient (Wildman–Crippen LogP) is 1.84. The number of halogens is 1. The minimum atomic E-state index is 0.160. The van der Waals surface area contributed by atoms with Crippen LogP contribution in [0.5, 0.6) is 5.75 Å². The van der Waals surface area contributed by atoms with Crippen molar-refractivity contribution in [3.05, 3.63) is 36.2 Å². The molecule has 0 aliphatic carbocycles. The molecule has 0 amide bonds. The highest BCUT2D eigenvalue weighted by Crippen LogP contribution is 2.17. The highest BCUT2D eigenvalue weighted by Gasteiger charge is 1.98. The lowest BCUT2D eigenvalue weighted by atomic mass is 10.3. The third kappa shape index (κ3) is 3.91. The van der Waals surface area contributed by atoms with Crippen LogP contribution in [0.25, 0.3) is 0 Å². The summed E-state index contributed by atoms with van der Waals surface area (Å²) in [6, 6.07) is 7.23. The van der Waals surface area contributed by atoms with Crippen LogP contribution in [0, 0.1) is 0 Å². The summed E-state index contributed by atoms with van der Waals surface area (Å²) >= 11 is 1.16. The molecule has 82 valence electrons. The van der Waals surface area contributed by atoms with Gasteiger partial charge in [-0.25, -0.2) is 4.39 Å². The molecule has 0 aromatic heterocycles. The lowest BCUT2D eigenvalue weighted by Gasteiger charge is -2.07. The molecule has 0 aliphatic rings. The molecule has 0 unspecified atom stereocenters. The second-order valence-corrected chi connectivity index (χ2v) is 3.56. The Morgan fingerprint density at radius 1 is 1.40 bits per heavy atom. The number of ether oxygens (including phenoxy) is 1. The first-order chi connectivity index (χ1) is 7.30. The largest absolute Gasteiger partial charge is 0.489 e. The molecule has 15 heavy (non-hydrogen) atoms. The van der Waals surface area contributed by atoms with E-state index in [1.807, 2.05) is 12.1 Å². The average Bonchev–Trinajstić information content (AvgIpc) is 2.31. The average molecular weight is 228 g/mol. The SMILES string of the molecule is NC/C(=C/F)COc1ccc(SN)cc1. The molecular weight excluding hydrogens is 215 g/mol. The molecule has 1 rings (SSSR count). The Morgan fingerprint density at radius 3 is 2.53 bits per heavy atom. The molecule has 0 heterocycles. The second kappa shape index (κ2) is 6.44. The van der Waals surface area contributed by atoms with Gasteiger partial charge in [-0.05, 0) is 36.2 Å². The topological polar surface area (TPSA) is 61.3 Å². The van der Waals surface area contributed by atoms with Gasteiger partial charge in [-0.3, -0.25) is 5.14 Å². The fourth-order valence-corrected chi connectivity index (χ4v) is 1.22. The Labute approximate surface area is 92.4 Å². The van der Waals surface area contributed by atoms with E-state index in [1.165, 1.54) is 0 Å². The van der Waals surface area contributed by atoms with Crippen molar-refractivity contribution < 1.29 is 9.13 Å². The van der Waals surface area contributed by atoms with Crippen molar-refractivity contribution in [2.24, 2.45) is 10.9 Å². The maximum Gasteiger partial charge on any atom is 0.119 e. The van der Waals surface area contributed by atoms with Crippen LogP contribution in [0.15, 0.2) is 41.1 Å². The van der Waals surface area contributed by atoms with E-state index in [4.69, 9.17) is 15.6 Å². The van der Waals surface area contributed by atoms with Gasteiger partial charge in [0.1, 0.15) is 12.4 Å². The first kappa shape index (κ1) is 12.0.